The maximum Gasteiger partial charge on any atom is 0.227 e. The summed E-state index contributed by atoms with van der Waals surface area (Å²) in [7, 11) is 0. The lowest BCUT2D eigenvalue weighted by Gasteiger charge is -2.16. The minimum absolute atomic E-state index is 0.210. The van der Waals surface area contributed by atoms with Gasteiger partial charge in [-0.15, -0.1) is 0 Å². The smallest absolute Gasteiger partial charge is 0.227 e. The number of carbonyl (C=O) groups is 1. The van der Waals surface area contributed by atoms with Gasteiger partial charge in [0.05, 0.1) is 19.8 Å². The minimum Gasteiger partial charge on any atom is -0.490 e. The van der Waals surface area contributed by atoms with Gasteiger partial charge in [-0.1, -0.05) is 12.1 Å². The van der Waals surface area contributed by atoms with E-state index in [1.54, 1.807) is 0 Å². The molecule has 32 heavy (non-hydrogen) atoms. The Morgan fingerprint density at radius 1 is 1.03 bits per heavy atom. The van der Waals surface area contributed by atoms with E-state index < -0.39 is 0 Å². The van der Waals surface area contributed by atoms with E-state index in [4.69, 9.17) is 14.5 Å². The molecule has 2 aliphatic heterocycles. The van der Waals surface area contributed by atoms with Crippen LogP contribution in [0.3, 0.4) is 0 Å². The molecule has 1 aliphatic carbocycles. The lowest BCUT2D eigenvalue weighted by atomic mass is 10.2. The zero-order valence-electron chi connectivity index (χ0n) is 18.3. The van der Waals surface area contributed by atoms with Crippen LogP contribution < -0.4 is 25.0 Å². The first-order valence-electron chi connectivity index (χ1n) is 11.6. The van der Waals surface area contributed by atoms with Gasteiger partial charge in [0.1, 0.15) is 0 Å². The molecule has 2 aromatic carbocycles. The molecule has 1 amide bonds. The molecular formula is C25H30N4O3. The summed E-state index contributed by atoms with van der Waals surface area (Å²) in [5.41, 5.74) is 2.99. The van der Waals surface area contributed by atoms with Gasteiger partial charge >= 0.3 is 0 Å². The second-order valence-corrected chi connectivity index (χ2v) is 8.64. The lowest BCUT2D eigenvalue weighted by molar-refractivity contribution is -0.117. The summed E-state index contributed by atoms with van der Waals surface area (Å²) in [6, 6.07) is 14.0. The Kier molecular flexibility index (Phi) is 6.14. The molecule has 3 aliphatic rings. The molecule has 168 valence electrons. The van der Waals surface area contributed by atoms with E-state index in [-0.39, 0.29) is 5.91 Å². The highest BCUT2D eigenvalue weighted by Crippen LogP contribution is 2.32. The molecule has 2 N–H and O–H groups in total. The number of benzene rings is 2. The molecule has 0 spiro atoms. The fraction of sp³-hybridized carbons (Fsp3) is 0.440. The third kappa shape index (κ3) is 5.15. The number of fused-ring (bicyclic) bond motifs is 1. The molecular weight excluding hydrogens is 404 g/mol. The summed E-state index contributed by atoms with van der Waals surface area (Å²) in [6.07, 6.45) is 5.03. The van der Waals surface area contributed by atoms with Gasteiger partial charge in [-0.05, 0) is 55.0 Å². The van der Waals surface area contributed by atoms with Crippen LogP contribution in [0.4, 0.5) is 11.4 Å². The third-order valence-corrected chi connectivity index (χ3v) is 6.01. The maximum absolute atomic E-state index is 12.0. The van der Waals surface area contributed by atoms with Crippen molar-refractivity contribution in [3.63, 3.8) is 0 Å². The number of nitrogens with one attached hydrogen (secondary N) is 2. The first-order chi connectivity index (χ1) is 15.7. The van der Waals surface area contributed by atoms with E-state index >= 15 is 0 Å². The number of ether oxygens (including phenoxy) is 2. The Morgan fingerprint density at radius 2 is 1.84 bits per heavy atom. The second kappa shape index (κ2) is 9.51. The number of hydrogen-bond donors (Lipinski definition) is 2. The molecule has 7 nitrogen and oxygen atoms in total. The van der Waals surface area contributed by atoms with Crippen LogP contribution in [0.1, 0.15) is 37.7 Å². The van der Waals surface area contributed by atoms with E-state index in [9.17, 15) is 4.79 Å². The summed E-state index contributed by atoms with van der Waals surface area (Å²) in [6.45, 7) is 3.63. The number of carbonyl (C=O) groups excluding carboxylic acids is 1. The fourth-order valence-electron chi connectivity index (χ4n) is 3.95. The first-order valence-corrected chi connectivity index (χ1v) is 11.6. The SMILES string of the molecule is O=C1CCCN1c1ccc(CN=C(NCC2CC2)Nc2ccc3c(c2)OCCCO3)cc1. The highest BCUT2D eigenvalue weighted by atomic mass is 16.5. The Hall–Kier alpha value is -3.22. The van der Waals surface area contributed by atoms with Crippen molar-refractivity contribution < 1.29 is 14.3 Å². The quantitative estimate of drug-likeness (QED) is 0.532. The average Bonchev–Trinajstić information content (AvgIpc) is 3.59. The van der Waals surface area contributed by atoms with Gasteiger partial charge in [0.25, 0.3) is 0 Å². The Bertz CT molecular complexity index is 985. The van der Waals surface area contributed by atoms with E-state index in [1.807, 2.05) is 35.2 Å². The van der Waals surface area contributed by atoms with Crippen molar-refractivity contribution in [2.75, 3.05) is 36.5 Å². The van der Waals surface area contributed by atoms with Crippen LogP contribution in [0.5, 0.6) is 11.5 Å². The van der Waals surface area contributed by atoms with Crippen molar-refractivity contribution in [2.24, 2.45) is 10.9 Å². The van der Waals surface area contributed by atoms with Gasteiger partial charge in [-0.3, -0.25) is 4.79 Å². The molecule has 2 fully saturated rings. The zero-order chi connectivity index (χ0) is 21.8. The summed E-state index contributed by atoms with van der Waals surface area (Å²) in [4.78, 5) is 18.6. The molecule has 7 heteroatoms. The molecule has 2 heterocycles. The summed E-state index contributed by atoms with van der Waals surface area (Å²) in [5.74, 6) is 3.25. The third-order valence-electron chi connectivity index (χ3n) is 6.01. The summed E-state index contributed by atoms with van der Waals surface area (Å²) < 4.78 is 11.5. The van der Waals surface area contributed by atoms with Crippen LogP contribution in [-0.4, -0.2) is 38.2 Å². The summed E-state index contributed by atoms with van der Waals surface area (Å²) in [5, 5.41) is 6.88. The van der Waals surface area contributed by atoms with Gasteiger partial charge in [0.15, 0.2) is 17.5 Å². The van der Waals surface area contributed by atoms with E-state index in [1.165, 1.54) is 12.8 Å². The molecule has 0 bridgehead atoms. The van der Waals surface area contributed by atoms with Crippen molar-refractivity contribution in [1.29, 1.82) is 0 Å². The largest absolute Gasteiger partial charge is 0.490 e. The van der Waals surface area contributed by atoms with Crippen LogP contribution in [0.2, 0.25) is 0 Å². The fourth-order valence-corrected chi connectivity index (χ4v) is 3.95. The number of rotatable bonds is 6. The molecule has 1 saturated heterocycles. The van der Waals surface area contributed by atoms with Crippen molar-refractivity contribution in [3.05, 3.63) is 48.0 Å². The Labute approximate surface area is 188 Å². The van der Waals surface area contributed by atoms with Crippen molar-refractivity contribution in [1.82, 2.24) is 5.32 Å². The van der Waals surface area contributed by atoms with Crippen molar-refractivity contribution in [2.45, 2.75) is 38.6 Å². The Morgan fingerprint density at radius 3 is 2.59 bits per heavy atom. The molecule has 0 atom stereocenters. The first kappa shape index (κ1) is 20.7. The van der Waals surface area contributed by atoms with Gasteiger partial charge in [0.2, 0.25) is 5.91 Å². The van der Waals surface area contributed by atoms with Crippen LogP contribution in [0.25, 0.3) is 0 Å². The predicted octanol–water partition coefficient (Wildman–Crippen LogP) is 3.94. The van der Waals surface area contributed by atoms with Gasteiger partial charge in [-0.25, -0.2) is 4.99 Å². The number of nitrogens with zero attached hydrogens (tertiary/aromatic N) is 2. The highest BCUT2D eigenvalue weighted by Gasteiger charge is 2.22. The number of amides is 1. The summed E-state index contributed by atoms with van der Waals surface area (Å²) >= 11 is 0. The van der Waals surface area contributed by atoms with Gasteiger partial charge in [-0.2, -0.15) is 0 Å². The van der Waals surface area contributed by atoms with E-state index in [2.05, 4.69) is 22.8 Å². The number of aliphatic imine (C=N–C) groups is 1. The topological polar surface area (TPSA) is 75.2 Å². The van der Waals surface area contributed by atoms with Crippen molar-refractivity contribution in [3.8, 4) is 11.5 Å². The Balaban J connectivity index is 1.27. The molecule has 0 unspecified atom stereocenters. The van der Waals surface area contributed by atoms with Crippen LogP contribution in [0, 0.1) is 5.92 Å². The standard InChI is InChI=1S/C25H30N4O3/c30-24-3-1-12-29(24)21-9-6-19(7-10-21)17-27-25(26-16-18-4-5-18)28-20-8-11-22-23(15-20)32-14-2-13-31-22/h6-11,15,18H,1-5,12-14,16-17H2,(H2,26,27,28). The number of guanidine groups is 1. The van der Waals surface area contributed by atoms with E-state index in [0.29, 0.717) is 26.2 Å². The molecule has 0 radical (unpaired) electrons. The minimum atomic E-state index is 0.210. The zero-order valence-corrected chi connectivity index (χ0v) is 18.3. The molecule has 5 rings (SSSR count). The predicted molar refractivity (Wildman–Crippen MR) is 126 cm³/mol. The van der Waals surface area contributed by atoms with Crippen molar-refractivity contribution >= 4 is 23.2 Å². The second-order valence-electron chi connectivity index (χ2n) is 8.64. The molecule has 0 aromatic heterocycles. The van der Waals surface area contributed by atoms with E-state index in [0.717, 1.165) is 66.2 Å². The number of anilines is 2. The molecule has 2 aromatic rings. The average molecular weight is 435 g/mol. The van der Waals surface area contributed by atoms with Crippen LogP contribution in [-0.2, 0) is 11.3 Å². The maximum atomic E-state index is 12.0. The molecule has 1 saturated carbocycles. The lowest BCUT2D eigenvalue weighted by Crippen LogP contribution is -2.32. The highest BCUT2D eigenvalue weighted by molar-refractivity contribution is 5.95. The van der Waals surface area contributed by atoms with Gasteiger partial charge < -0.3 is 25.0 Å². The van der Waals surface area contributed by atoms with Crippen LogP contribution >= 0.6 is 0 Å². The normalized spacial score (nSPS) is 18.4. The monoisotopic (exact) mass is 434 g/mol. The number of hydrogen-bond acceptors (Lipinski definition) is 4. The van der Waals surface area contributed by atoms with Gasteiger partial charge in [0, 0.05) is 43.4 Å². The van der Waals surface area contributed by atoms with Crippen LogP contribution in [0.15, 0.2) is 47.5 Å².